The van der Waals surface area contributed by atoms with Gasteiger partial charge in [-0.05, 0) is 63.3 Å². The number of halogens is 3. The van der Waals surface area contributed by atoms with Crippen LogP contribution in [-0.4, -0.2) is 30.0 Å². The van der Waals surface area contributed by atoms with Crippen LogP contribution in [0.2, 0.25) is 0 Å². The van der Waals surface area contributed by atoms with Gasteiger partial charge in [0.05, 0.1) is 10.8 Å². The van der Waals surface area contributed by atoms with Gasteiger partial charge in [-0.1, -0.05) is 0 Å². The molecule has 2 bridgehead atoms. The zero-order valence-electron chi connectivity index (χ0n) is 11.5. The molecule has 5 atom stereocenters. The second-order valence-electron chi connectivity index (χ2n) is 6.91. The summed E-state index contributed by atoms with van der Waals surface area (Å²) in [5.41, 5.74) is 0.287. The topological polar surface area (TPSA) is 12.0 Å². The first kappa shape index (κ1) is 14.4. The maximum Gasteiger partial charge on any atom is 0.106 e. The molecule has 0 aliphatic heterocycles. The molecule has 3 fully saturated rings. The van der Waals surface area contributed by atoms with E-state index in [0.29, 0.717) is 12.8 Å². The molecule has 3 aliphatic carbocycles. The van der Waals surface area contributed by atoms with Gasteiger partial charge >= 0.3 is 0 Å². The SMILES string of the molecule is CN[C@H](C1C(F)CCC(Cl)C1Cl)C12CCC(CC1)C2. The zero-order chi connectivity index (χ0) is 13.6. The maximum atomic E-state index is 14.5. The molecule has 1 N–H and O–H groups in total. The third kappa shape index (κ3) is 2.32. The van der Waals surface area contributed by atoms with Crippen molar-refractivity contribution in [3.63, 3.8) is 0 Å². The summed E-state index contributed by atoms with van der Waals surface area (Å²) in [4.78, 5) is 0. The van der Waals surface area contributed by atoms with Crippen molar-refractivity contribution in [2.45, 2.75) is 67.9 Å². The third-order valence-corrected chi connectivity index (χ3v) is 7.21. The van der Waals surface area contributed by atoms with Gasteiger partial charge in [0.25, 0.3) is 0 Å². The Balaban J connectivity index is 1.84. The average Bonchev–Trinajstić information content (AvgIpc) is 3.00. The molecule has 110 valence electrons. The van der Waals surface area contributed by atoms with E-state index in [2.05, 4.69) is 5.32 Å². The van der Waals surface area contributed by atoms with E-state index in [1.807, 2.05) is 7.05 Å². The third-order valence-electron chi connectivity index (χ3n) is 6.00. The monoisotopic (exact) mass is 307 g/mol. The normalized spacial score (nSPS) is 51.5. The number of hydrogen-bond donors (Lipinski definition) is 1. The van der Waals surface area contributed by atoms with E-state index in [-0.39, 0.29) is 28.1 Å². The Morgan fingerprint density at radius 2 is 1.84 bits per heavy atom. The lowest BCUT2D eigenvalue weighted by Crippen LogP contribution is -2.55. The quantitative estimate of drug-likeness (QED) is 0.774. The lowest BCUT2D eigenvalue weighted by Gasteiger charge is -2.46. The molecule has 4 heteroatoms. The molecule has 0 aromatic rings. The van der Waals surface area contributed by atoms with E-state index in [0.717, 1.165) is 5.92 Å². The first-order chi connectivity index (χ1) is 9.07. The summed E-state index contributed by atoms with van der Waals surface area (Å²) in [5.74, 6) is 0.748. The van der Waals surface area contributed by atoms with Gasteiger partial charge in [0.15, 0.2) is 0 Å². The number of nitrogens with one attached hydrogen (secondary N) is 1. The fourth-order valence-corrected chi connectivity index (χ4v) is 5.81. The molecular formula is C15H24Cl2FN. The minimum Gasteiger partial charge on any atom is -0.316 e. The van der Waals surface area contributed by atoms with E-state index in [4.69, 9.17) is 23.2 Å². The minimum atomic E-state index is -0.802. The van der Waals surface area contributed by atoms with Crippen molar-refractivity contribution in [3.8, 4) is 0 Å². The van der Waals surface area contributed by atoms with E-state index in [9.17, 15) is 4.39 Å². The fraction of sp³-hybridized carbons (Fsp3) is 1.00. The maximum absolute atomic E-state index is 14.5. The number of hydrogen-bond acceptors (Lipinski definition) is 1. The summed E-state index contributed by atoms with van der Waals surface area (Å²) in [5, 5.41) is 3.11. The van der Waals surface area contributed by atoms with Gasteiger partial charge in [-0.25, -0.2) is 4.39 Å². The Bertz CT molecular complexity index is 330. The van der Waals surface area contributed by atoms with Gasteiger partial charge in [0.1, 0.15) is 6.17 Å². The molecule has 0 amide bonds. The molecule has 3 saturated carbocycles. The molecule has 0 saturated heterocycles. The predicted octanol–water partition coefficient (Wildman–Crippen LogP) is 4.12. The van der Waals surface area contributed by atoms with Crippen LogP contribution in [0, 0.1) is 17.3 Å². The Labute approximate surface area is 125 Å². The van der Waals surface area contributed by atoms with Gasteiger partial charge in [0, 0.05) is 12.0 Å². The van der Waals surface area contributed by atoms with Gasteiger partial charge in [-0.15, -0.1) is 23.2 Å². The van der Waals surface area contributed by atoms with Gasteiger partial charge < -0.3 is 5.32 Å². The highest BCUT2D eigenvalue weighted by molar-refractivity contribution is 6.30. The molecule has 0 aromatic heterocycles. The van der Waals surface area contributed by atoms with E-state index in [1.165, 1.54) is 32.1 Å². The van der Waals surface area contributed by atoms with Crippen LogP contribution in [0.15, 0.2) is 0 Å². The van der Waals surface area contributed by atoms with Crippen LogP contribution in [0.4, 0.5) is 4.39 Å². The molecule has 0 spiro atoms. The standard InChI is InChI=1S/C15H24Cl2FN/c1-19-14(15-6-4-9(8-15)5-7-15)12-11(18)3-2-10(16)13(12)17/h9-14,19H,2-8H2,1H3/t9?,10?,11?,12?,13?,14-,15?/m1/s1. The first-order valence-corrected chi connectivity index (χ1v) is 8.54. The minimum absolute atomic E-state index is 0.0791. The van der Waals surface area contributed by atoms with Crippen LogP contribution in [0.1, 0.15) is 44.9 Å². The summed E-state index contributed by atoms with van der Waals surface area (Å²) in [6, 6.07) is 0.194. The largest absolute Gasteiger partial charge is 0.316 e. The van der Waals surface area contributed by atoms with Crippen molar-refractivity contribution in [3.05, 3.63) is 0 Å². The van der Waals surface area contributed by atoms with E-state index < -0.39 is 6.17 Å². The van der Waals surface area contributed by atoms with Crippen molar-refractivity contribution in [2.75, 3.05) is 7.05 Å². The van der Waals surface area contributed by atoms with Gasteiger partial charge in [-0.3, -0.25) is 0 Å². The molecular weight excluding hydrogens is 284 g/mol. The second kappa shape index (κ2) is 5.35. The summed E-state index contributed by atoms with van der Waals surface area (Å²) in [6.07, 6.45) is 6.85. The highest BCUT2D eigenvalue weighted by Crippen LogP contribution is 2.58. The van der Waals surface area contributed by atoms with Crippen molar-refractivity contribution in [1.29, 1.82) is 0 Å². The molecule has 0 aromatic carbocycles. The smallest absolute Gasteiger partial charge is 0.106 e. The second-order valence-corrected chi connectivity index (χ2v) is 7.97. The molecule has 19 heavy (non-hydrogen) atoms. The Kier molecular flexibility index (Phi) is 4.05. The lowest BCUT2D eigenvalue weighted by atomic mass is 9.67. The van der Waals surface area contributed by atoms with Crippen LogP contribution in [0.3, 0.4) is 0 Å². The summed E-state index contributed by atoms with van der Waals surface area (Å²) >= 11 is 12.8. The Morgan fingerprint density at radius 1 is 1.16 bits per heavy atom. The zero-order valence-corrected chi connectivity index (χ0v) is 13.1. The number of alkyl halides is 3. The van der Waals surface area contributed by atoms with Crippen molar-refractivity contribution < 1.29 is 4.39 Å². The average molecular weight is 308 g/mol. The molecule has 3 rings (SSSR count). The fourth-order valence-electron chi connectivity index (χ4n) is 5.08. The summed E-state index contributed by atoms with van der Waals surface area (Å²) < 4.78 is 14.5. The van der Waals surface area contributed by atoms with Crippen molar-refractivity contribution >= 4 is 23.2 Å². The summed E-state index contributed by atoms with van der Waals surface area (Å²) in [6.45, 7) is 0. The Morgan fingerprint density at radius 3 is 2.37 bits per heavy atom. The van der Waals surface area contributed by atoms with Gasteiger partial charge in [0.2, 0.25) is 0 Å². The van der Waals surface area contributed by atoms with Crippen LogP contribution in [-0.2, 0) is 0 Å². The Hall–Kier alpha value is 0.470. The molecule has 4 unspecified atom stereocenters. The van der Waals surface area contributed by atoms with Crippen molar-refractivity contribution in [2.24, 2.45) is 17.3 Å². The van der Waals surface area contributed by atoms with E-state index in [1.54, 1.807) is 0 Å². The van der Waals surface area contributed by atoms with Crippen LogP contribution < -0.4 is 5.32 Å². The number of rotatable bonds is 3. The van der Waals surface area contributed by atoms with Crippen LogP contribution >= 0.6 is 23.2 Å². The predicted molar refractivity (Wildman–Crippen MR) is 78.8 cm³/mol. The lowest BCUT2D eigenvalue weighted by molar-refractivity contribution is 0.0655. The van der Waals surface area contributed by atoms with E-state index >= 15 is 0 Å². The number of fused-ring (bicyclic) bond motifs is 2. The van der Waals surface area contributed by atoms with Crippen molar-refractivity contribution in [1.82, 2.24) is 5.32 Å². The molecule has 1 nitrogen and oxygen atoms in total. The first-order valence-electron chi connectivity index (χ1n) is 7.67. The van der Waals surface area contributed by atoms with Crippen LogP contribution in [0.5, 0.6) is 0 Å². The highest BCUT2D eigenvalue weighted by Gasteiger charge is 2.55. The molecule has 3 aliphatic rings. The highest BCUT2D eigenvalue weighted by atomic mass is 35.5. The van der Waals surface area contributed by atoms with Crippen LogP contribution in [0.25, 0.3) is 0 Å². The summed E-state index contributed by atoms with van der Waals surface area (Å²) in [7, 11) is 1.97. The molecule has 0 radical (unpaired) electrons. The molecule has 0 heterocycles. The van der Waals surface area contributed by atoms with Gasteiger partial charge in [-0.2, -0.15) is 0 Å².